The van der Waals surface area contributed by atoms with Crippen LogP contribution in [0.3, 0.4) is 0 Å². The van der Waals surface area contributed by atoms with Crippen molar-refractivity contribution in [3.8, 4) is 6.07 Å². The summed E-state index contributed by atoms with van der Waals surface area (Å²) in [6, 6.07) is 9.46. The Labute approximate surface area is 170 Å². The van der Waals surface area contributed by atoms with Crippen LogP contribution < -0.4 is 5.32 Å². The van der Waals surface area contributed by atoms with Crippen LogP contribution in [0.25, 0.3) is 6.08 Å². The molecule has 1 amide bonds. The maximum absolute atomic E-state index is 13.0. The van der Waals surface area contributed by atoms with Crippen LogP contribution in [0.2, 0.25) is 0 Å². The summed E-state index contributed by atoms with van der Waals surface area (Å²) in [6.07, 6.45) is 5.66. The third kappa shape index (κ3) is 3.52. The van der Waals surface area contributed by atoms with Gasteiger partial charge in [-0.25, -0.2) is 0 Å². The number of hydrogen-bond donors (Lipinski definition) is 1. The van der Waals surface area contributed by atoms with Gasteiger partial charge in [0.1, 0.15) is 17.9 Å². The van der Waals surface area contributed by atoms with E-state index in [0.717, 1.165) is 12.8 Å². The van der Waals surface area contributed by atoms with E-state index in [1.54, 1.807) is 4.90 Å². The third-order valence-electron chi connectivity index (χ3n) is 6.00. The number of carbonyl (C=O) groups is 2. The van der Waals surface area contributed by atoms with E-state index in [1.807, 2.05) is 12.1 Å². The Bertz CT molecular complexity index is 901. The van der Waals surface area contributed by atoms with Gasteiger partial charge >= 0.3 is 0 Å². The fourth-order valence-corrected chi connectivity index (χ4v) is 4.87. The minimum absolute atomic E-state index is 0.0258. The van der Waals surface area contributed by atoms with E-state index in [0.29, 0.717) is 37.2 Å². The minimum atomic E-state index is -0.622. The van der Waals surface area contributed by atoms with E-state index >= 15 is 0 Å². The first-order valence-electron chi connectivity index (χ1n) is 9.84. The Hall–Kier alpha value is -2.36. The van der Waals surface area contributed by atoms with Gasteiger partial charge in [-0.15, -0.1) is 0 Å². The number of carbonyl (C=O) groups excluding carboxylic acids is 2. The minimum Gasteiger partial charge on any atom is -0.325 e. The molecular formula is C22H23N3O2S. The number of nitrogens with zero attached hydrogens (tertiary/aromatic N) is 2. The number of nitrogens with one attached hydrogen (secondary N) is 1. The summed E-state index contributed by atoms with van der Waals surface area (Å²) in [7, 11) is 0. The second-order valence-electron chi connectivity index (χ2n) is 7.77. The largest absolute Gasteiger partial charge is 0.325 e. The smallest absolute Gasteiger partial charge is 0.241 e. The van der Waals surface area contributed by atoms with Gasteiger partial charge in [0, 0.05) is 24.4 Å². The van der Waals surface area contributed by atoms with Gasteiger partial charge in [-0.2, -0.15) is 5.26 Å². The summed E-state index contributed by atoms with van der Waals surface area (Å²) < 4.78 is 0. The molecule has 2 fully saturated rings. The molecule has 6 heteroatoms. The molecule has 3 atom stereocenters. The van der Waals surface area contributed by atoms with E-state index in [-0.39, 0.29) is 17.7 Å². The van der Waals surface area contributed by atoms with Crippen molar-refractivity contribution in [1.82, 2.24) is 10.2 Å². The molecule has 0 saturated carbocycles. The summed E-state index contributed by atoms with van der Waals surface area (Å²) in [5.41, 5.74) is 3.78. The van der Waals surface area contributed by atoms with Gasteiger partial charge in [-0.3, -0.25) is 9.59 Å². The lowest BCUT2D eigenvalue weighted by Gasteiger charge is -2.26. The molecule has 2 aliphatic heterocycles. The Morgan fingerprint density at radius 3 is 2.93 bits per heavy atom. The highest BCUT2D eigenvalue weighted by Gasteiger charge is 2.44. The summed E-state index contributed by atoms with van der Waals surface area (Å²) in [5.74, 6) is -0.695. The molecule has 1 unspecified atom stereocenters. The van der Waals surface area contributed by atoms with Crippen molar-refractivity contribution >= 4 is 34.8 Å². The predicted octanol–water partition coefficient (Wildman–Crippen LogP) is 2.45. The van der Waals surface area contributed by atoms with Gasteiger partial charge < -0.3 is 10.2 Å². The molecule has 144 valence electrons. The SMILES string of the molecule is N#C[C@@H]1CCCN1C(=O)[C@H]1NCC(=S)C1C(=O)CCC1=Cc2ccccc2C1. The number of rotatable bonds is 5. The molecule has 1 aliphatic carbocycles. The Morgan fingerprint density at radius 2 is 2.14 bits per heavy atom. The molecule has 2 heterocycles. The number of likely N-dealkylation sites (tertiary alicyclic amines) is 1. The average molecular weight is 394 g/mol. The molecule has 0 aromatic heterocycles. The highest BCUT2D eigenvalue weighted by molar-refractivity contribution is 7.80. The molecule has 1 aromatic rings. The maximum Gasteiger partial charge on any atom is 0.241 e. The lowest BCUT2D eigenvalue weighted by Crippen LogP contribution is -2.49. The van der Waals surface area contributed by atoms with Crippen LogP contribution in [0.5, 0.6) is 0 Å². The molecule has 1 N–H and O–H groups in total. The topological polar surface area (TPSA) is 73.2 Å². The predicted molar refractivity (Wildman–Crippen MR) is 111 cm³/mol. The van der Waals surface area contributed by atoms with Crippen molar-refractivity contribution in [3.63, 3.8) is 0 Å². The second kappa shape index (κ2) is 7.94. The Kier molecular flexibility index (Phi) is 5.38. The zero-order valence-electron chi connectivity index (χ0n) is 15.7. The molecule has 0 radical (unpaired) electrons. The normalized spacial score (nSPS) is 26.1. The van der Waals surface area contributed by atoms with Crippen molar-refractivity contribution in [3.05, 3.63) is 41.0 Å². The zero-order valence-corrected chi connectivity index (χ0v) is 16.5. The van der Waals surface area contributed by atoms with Gasteiger partial charge in [0.15, 0.2) is 0 Å². The fourth-order valence-electron chi connectivity index (χ4n) is 4.51. The van der Waals surface area contributed by atoms with Crippen LogP contribution in [-0.2, 0) is 16.0 Å². The summed E-state index contributed by atoms with van der Waals surface area (Å²) in [6.45, 7) is 0.982. The van der Waals surface area contributed by atoms with Crippen LogP contribution in [0.15, 0.2) is 29.8 Å². The molecule has 2 saturated heterocycles. The van der Waals surface area contributed by atoms with Crippen molar-refractivity contribution in [2.24, 2.45) is 5.92 Å². The number of benzene rings is 1. The van der Waals surface area contributed by atoms with Gasteiger partial charge in [-0.05, 0) is 36.8 Å². The number of allylic oxidation sites excluding steroid dienone is 1. The molecule has 0 bridgehead atoms. The third-order valence-corrected chi connectivity index (χ3v) is 6.40. The number of nitriles is 1. The quantitative estimate of drug-likeness (QED) is 0.778. The van der Waals surface area contributed by atoms with Crippen LogP contribution in [0, 0.1) is 17.2 Å². The first-order chi connectivity index (χ1) is 13.6. The summed E-state index contributed by atoms with van der Waals surface area (Å²) in [4.78, 5) is 28.2. The molecular weight excluding hydrogens is 370 g/mol. The van der Waals surface area contributed by atoms with Crippen molar-refractivity contribution in [2.75, 3.05) is 13.1 Å². The number of amides is 1. The van der Waals surface area contributed by atoms with E-state index in [1.165, 1.54) is 16.7 Å². The van der Waals surface area contributed by atoms with Crippen LogP contribution in [0.4, 0.5) is 0 Å². The number of ketones is 1. The van der Waals surface area contributed by atoms with Crippen LogP contribution in [0.1, 0.15) is 36.8 Å². The molecule has 1 aromatic carbocycles. The van der Waals surface area contributed by atoms with Gasteiger partial charge in [0.05, 0.1) is 12.0 Å². The fraction of sp³-hybridized carbons (Fsp3) is 0.455. The first kappa shape index (κ1) is 19.0. The lowest BCUT2D eigenvalue weighted by molar-refractivity contribution is -0.136. The molecule has 3 aliphatic rings. The number of fused-ring (bicyclic) bond motifs is 1. The molecule has 5 nitrogen and oxygen atoms in total. The van der Waals surface area contributed by atoms with Crippen LogP contribution in [-0.4, -0.2) is 46.6 Å². The summed E-state index contributed by atoms with van der Waals surface area (Å²) >= 11 is 5.42. The van der Waals surface area contributed by atoms with E-state index in [4.69, 9.17) is 12.2 Å². The van der Waals surface area contributed by atoms with E-state index < -0.39 is 12.0 Å². The average Bonchev–Trinajstić information content (AvgIpc) is 3.42. The maximum atomic E-state index is 13.0. The van der Waals surface area contributed by atoms with Gasteiger partial charge in [-0.1, -0.05) is 48.1 Å². The summed E-state index contributed by atoms with van der Waals surface area (Å²) in [5, 5.41) is 12.4. The van der Waals surface area contributed by atoms with E-state index in [2.05, 4.69) is 29.6 Å². The van der Waals surface area contributed by atoms with Crippen molar-refractivity contribution in [1.29, 1.82) is 5.26 Å². The standard InChI is InChI=1S/C22H23N3O2S/c23-12-17-6-3-9-25(17)22(27)21-20(19(28)13-24-21)18(26)8-7-14-10-15-4-1-2-5-16(15)11-14/h1-2,4-5,10,17,20-21,24H,3,6-9,11,13H2/t17-,20?,21-/m0/s1. The Balaban J connectivity index is 1.40. The van der Waals surface area contributed by atoms with Crippen molar-refractivity contribution < 1.29 is 9.59 Å². The molecule has 28 heavy (non-hydrogen) atoms. The number of thiocarbonyl (C=S) groups is 1. The second-order valence-corrected chi connectivity index (χ2v) is 8.29. The highest BCUT2D eigenvalue weighted by atomic mass is 32.1. The molecule has 4 rings (SSSR count). The number of hydrogen-bond acceptors (Lipinski definition) is 5. The lowest BCUT2D eigenvalue weighted by atomic mass is 9.90. The molecule has 0 spiro atoms. The number of Topliss-reactive ketones (excluding diaryl/α,β-unsaturated/α-hetero) is 1. The monoisotopic (exact) mass is 393 g/mol. The van der Waals surface area contributed by atoms with E-state index in [9.17, 15) is 14.9 Å². The highest BCUT2D eigenvalue weighted by Crippen LogP contribution is 2.29. The first-order valence-corrected chi connectivity index (χ1v) is 10.3. The van der Waals surface area contributed by atoms with Gasteiger partial charge in [0.2, 0.25) is 5.91 Å². The Morgan fingerprint density at radius 1 is 1.32 bits per heavy atom. The zero-order chi connectivity index (χ0) is 19.7. The van der Waals surface area contributed by atoms with Crippen molar-refractivity contribution in [2.45, 2.75) is 44.2 Å². The van der Waals surface area contributed by atoms with Gasteiger partial charge in [0.25, 0.3) is 0 Å². The van der Waals surface area contributed by atoms with Crippen LogP contribution >= 0.6 is 12.2 Å².